The van der Waals surface area contributed by atoms with Crippen LogP contribution in [-0.2, 0) is 18.3 Å². The molecule has 112 valence electrons. The highest BCUT2D eigenvalue weighted by Gasteiger charge is 2.31. The highest BCUT2D eigenvalue weighted by molar-refractivity contribution is 5.77. The molecule has 0 saturated carbocycles. The Morgan fingerprint density at radius 1 is 1.45 bits per heavy atom. The Morgan fingerprint density at radius 2 is 2.15 bits per heavy atom. The van der Waals surface area contributed by atoms with Crippen molar-refractivity contribution in [3.8, 4) is 0 Å². The predicted molar refractivity (Wildman–Crippen MR) is 72.1 cm³/mol. The number of hydrogen-bond acceptors (Lipinski definition) is 4. The Bertz CT molecular complexity index is 473. The highest BCUT2D eigenvalue weighted by Crippen LogP contribution is 2.19. The lowest BCUT2D eigenvalue weighted by Gasteiger charge is -2.23. The average molecular weight is 283 g/mol. The van der Waals surface area contributed by atoms with Gasteiger partial charge in [0.25, 0.3) is 0 Å². The van der Waals surface area contributed by atoms with Gasteiger partial charge in [-0.3, -0.25) is 4.79 Å². The van der Waals surface area contributed by atoms with E-state index in [0.717, 1.165) is 5.82 Å². The molecule has 1 rings (SSSR count). The zero-order valence-electron chi connectivity index (χ0n) is 12.0. The Labute approximate surface area is 117 Å². The Morgan fingerprint density at radius 3 is 2.65 bits per heavy atom. The maximum Gasteiger partial charge on any atom is 0.314 e. The Balaban J connectivity index is 2.30. The summed E-state index contributed by atoms with van der Waals surface area (Å²) >= 11 is 0. The zero-order chi connectivity index (χ0) is 15.2. The first-order valence-corrected chi connectivity index (χ1v) is 6.47. The van der Waals surface area contributed by atoms with Crippen molar-refractivity contribution >= 4 is 12.0 Å². The van der Waals surface area contributed by atoms with E-state index in [9.17, 15) is 9.59 Å². The number of aryl methyl sites for hydroxylation is 1. The van der Waals surface area contributed by atoms with Crippen LogP contribution in [0.2, 0.25) is 0 Å². The van der Waals surface area contributed by atoms with Gasteiger partial charge >= 0.3 is 12.0 Å². The van der Waals surface area contributed by atoms with Gasteiger partial charge < -0.3 is 20.3 Å². The van der Waals surface area contributed by atoms with Gasteiger partial charge in [-0.15, -0.1) is 10.2 Å². The molecule has 0 aliphatic rings. The minimum Gasteiger partial charge on any atom is -0.481 e. The topological polar surface area (TPSA) is 109 Å². The van der Waals surface area contributed by atoms with Gasteiger partial charge in [0, 0.05) is 26.6 Å². The molecule has 1 heterocycles. The first-order valence-electron chi connectivity index (χ1n) is 6.47. The molecule has 1 aromatic rings. The first-order chi connectivity index (χ1) is 9.39. The number of nitrogens with zero attached hydrogens (tertiary/aromatic N) is 3. The number of urea groups is 1. The molecular weight excluding hydrogens is 262 g/mol. The summed E-state index contributed by atoms with van der Waals surface area (Å²) < 4.78 is 1.78. The summed E-state index contributed by atoms with van der Waals surface area (Å²) in [5.74, 6) is -0.145. The SMILES string of the molecule is CCC(C)(CNC(=O)NCCc1nncn1C)C(=O)O. The van der Waals surface area contributed by atoms with E-state index in [4.69, 9.17) is 5.11 Å². The highest BCUT2D eigenvalue weighted by atomic mass is 16.4. The molecule has 0 radical (unpaired) electrons. The third kappa shape index (κ3) is 4.22. The van der Waals surface area contributed by atoms with Crippen LogP contribution in [0.3, 0.4) is 0 Å². The van der Waals surface area contributed by atoms with E-state index in [1.54, 1.807) is 24.7 Å². The fraction of sp³-hybridized carbons (Fsp3) is 0.667. The molecule has 1 atom stereocenters. The number of aliphatic carboxylic acids is 1. The van der Waals surface area contributed by atoms with E-state index < -0.39 is 11.4 Å². The lowest BCUT2D eigenvalue weighted by atomic mass is 9.88. The molecule has 1 aromatic heterocycles. The van der Waals surface area contributed by atoms with Crippen LogP contribution in [0.5, 0.6) is 0 Å². The maximum atomic E-state index is 11.6. The predicted octanol–water partition coefficient (Wildman–Crippen LogP) is 0.158. The van der Waals surface area contributed by atoms with Gasteiger partial charge in [0.2, 0.25) is 0 Å². The van der Waals surface area contributed by atoms with Crippen molar-refractivity contribution in [1.82, 2.24) is 25.4 Å². The molecule has 8 nitrogen and oxygen atoms in total. The first kappa shape index (κ1) is 15.9. The van der Waals surface area contributed by atoms with E-state index in [2.05, 4.69) is 20.8 Å². The lowest BCUT2D eigenvalue weighted by Crippen LogP contribution is -2.45. The van der Waals surface area contributed by atoms with Crippen molar-refractivity contribution < 1.29 is 14.7 Å². The second-order valence-corrected chi connectivity index (χ2v) is 4.94. The number of carbonyl (C=O) groups excluding carboxylic acids is 1. The maximum absolute atomic E-state index is 11.6. The van der Waals surface area contributed by atoms with Gasteiger partial charge in [0.15, 0.2) is 0 Å². The minimum absolute atomic E-state index is 0.0919. The summed E-state index contributed by atoms with van der Waals surface area (Å²) in [4.78, 5) is 22.7. The monoisotopic (exact) mass is 283 g/mol. The molecule has 20 heavy (non-hydrogen) atoms. The van der Waals surface area contributed by atoms with Crippen LogP contribution in [0.1, 0.15) is 26.1 Å². The molecule has 0 fully saturated rings. The van der Waals surface area contributed by atoms with E-state index in [-0.39, 0.29) is 12.6 Å². The fourth-order valence-corrected chi connectivity index (χ4v) is 1.51. The summed E-state index contributed by atoms with van der Waals surface area (Å²) in [6, 6.07) is -0.381. The summed E-state index contributed by atoms with van der Waals surface area (Å²) in [6.45, 7) is 3.89. The summed E-state index contributed by atoms with van der Waals surface area (Å²) in [5.41, 5.74) is -0.944. The molecule has 8 heteroatoms. The molecular formula is C12H21N5O3. The standard InChI is InChI=1S/C12H21N5O3/c1-4-12(2,10(18)19)7-14-11(20)13-6-5-9-16-15-8-17(9)3/h8H,4-7H2,1-3H3,(H,18,19)(H2,13,14,20). The van der Waals surface area contributed by atoms with Crippen molar-refractivity contribution in [3.63, 3.8) is 0 Å². The third-order valence-electron chi connectivity index (χ3n) is 3.38. The van der Waals surface area contributed by atoms with Crippen LogP contribution in [0.25, 0.3) is 0 Å². The number of carboxylic acids is 1. The van der Waals surface area contributed by atoms with Crippen LogP contribution < -0.4 is 10.6 Å². The van der Waals surface area contributed by atoms with E-state index >= 15 is 0 Å². The molecule has 1 unspecified atom stereocenters. The van der Waals surface area contributed by atoms with Gasteiger partial charge in [-0.2, -0.15) is 0 Å². The normalized spacial score (nSPS) is 13.6. The van der Waals surface area contributed by atoms with Crippen LogP contribution in [0.15, 0.2) is 6.33 Å². The van der Waals surface area contributed by atoms with Crippen molar-refractivity contribution in [2.75, 3.05) is 13.1 Å². The van der Waals surface area contributed by atoms with Gasteiger partial charge in [0.1, 0.15) is 12.2 Å². The minimum atomic E-state index is -0.944. The van der Waals surface area contributed by atoms with E-state index in [1.165, 1.54) is 0 Å². The molecule has 2 amide bonds. The fourth-order valence-electron chi connectivity index (χ4n) is 1.51. The number of rotatable bonds is 7. The molecule has 3 N–H and O–H groups in total. The molecule has 0 spiro atoms. The third-order valence-corrected chi connectivity index (χ3v) is 3.38. The lowest BCUT2D eigenvalue weighted by molar-refractivity contribution is -0.147. The summed E-state index contributed by atoms with van der Waals surface area (Å²) in [6.07, 6.45) is 2.60. The van der Waals surface area contributed by atoms with E-state index in [1.807, 2.05) is 7.05 Å². The smallest absolute Gasteiger partial charge is 0.314 e. The molecule has 0 bridgehead atoms. The van der Waals surface area contributed by atoms with Crippen LogP contribution >= 0.6 is 0 Å². The summed E-state index contributed by atoms with van der Waals surface area (Å²) in [7, 11) is 1.83. The molecule has 0 saturated heterocycles. The molecule has 0 aliphatic heterocycles. The van der Waals surface area contributed by atoms with Crippen molar-refractivity contribution in [3.05, 3.63) is 12.2 Å². The Hall–Kier alpha value is -2.12. The van der Waals surface area contributed by atoms with Crippen molar-refractivity contribution in [1.29, 1.82) is 0 Å². The van der Waals surface area contributed by atoms with Crippen molar-refractivity contribution in [2.24, 2.45) is 12.5 Å². The van der Waals surface area contributed by atoms with Crippen LogP contribution in [0.4, 0.5) is 4.79 Å². The van der Waals surface area contributed by atoms with Crippen LogP contribution in [-0.4, -0.2) is 45.0 Å². The second kappa shape index (κ2) is 6.88. The second-order valence-electron chi connectivity index (χ2n) is 4.94. The number of nitrogens with one attached hydrogen (secondary N) is 2. The van der Waals surface area contributed by atoms with Gasteiger partial charge in [-0.05, 0) is 13.3 Å². The van der Waals surface area contributed by atoms with E-state index in [0.29, 0.717) is 19.4 Å². The van der Waals surface area contributed by atoms with Crippen LogP contribution in [0, 0.1) is 5.41 Å². The molecule has 0 aromatic carbocycles. The molecule has 0 aliphatic carbocycles. The number of aromatic nitrogens is 3. The number of carbonyl (C=O) groups is 2. The average Bonchev–Trinajstić information content (AvgIpc) is 2.81. The summed E-state index contributed by atoms with van der Waals surface area (Å²) in [5, 5.41) is 22.0. The van der Waals surface area contributed by atoms with Gasteiger partial charge in [0.05, 0.1) is 5.41 Å². The number of amides is 2. The zero-order valence-corrected chi connectivity index (χ0v) is 12.0. The quantitative estimate of drug-likeness (QED) is 0.660. The van der Waals surface area contributed by atoms with Gasteiger partial charge in [-0.1, -0.05) is 6.92 Å². The number of carboxylic acid groups (broad SMARTS) is 1. The van der Waals surface area contributed by atoms with Gasteiger partial charge in [-0.25, -0.2) is 4.79 Å². The largest absolute Gasteiger partial charge is 0.481 e. The number of hydrogen-bond donors (Lipinski definition) is 3. The Kier molecular flexibility index (Phi) is 5.48. The van der Waals surface area contributed by atoms with Crippen molar-refractivity contribution in [2.45, 2.75) is 26.7 Å².